The number of hydrogen-bond acceptors (Lipinski definition) is 13. The van der Waals surface area contributed by atoms with E-state index in [2.05, 4.69) is 0 Å². The molecule has 0 radical (unpaired) electrons. The molecule has 1 aliphatic heterocycles. The summed E-state index contributed by atoms with van der Waals surface area (Å²) in [5.74, 6) is -4.01. The zero-order valence-corrected chi connectivity index (χ0v) is 20.0. The minimum absolute atomic E-state index is 0.0592. The summed E-state index contributed by atoms with van der Waals surface area (Å²) in [7, 11) is 0. The lowest BCUT2D eigenvalue weighted by Gasteiger charge is -2.42. The Morgan fingerprint density at radius 2 is 1.63 bits per heavy atom. The lowest BCUT2D eigenvalue weighted by atomic mass is 9.89. The number of hydrogen-bond donors (Lipinski definition) is 6. The van der Waals surface area contributed by atoms with Crippen molar-refractivity contribution >= 4 is 22.9 Å². The van der Waals surface area contributed by atoms with Gasteiger partial charge < -0.3 is 49.3 Å². The normalized spacial score (nSPS) is 23.2. The van der Waals surface area contributed by atoms with Gasteiger partial charge in [-0.3, -0.25) is 14.4 Å². The van der Waals surface area contributed by atoms with Crippen LogP contribution < -0.4 is 5.43 Å². The van der Waals surface area contributed by atoms with Gasteiger partial charge in [-0.2, -0.15) is 0 Å². The summed E-state index contributed by atoms with van der Waals surface area (Å²) < 4.78 is 21.3. The molecule has 202 valence electrons. The summed E-state index contributed by atoms with van der Waals surface area (Å²) in [6.45, 7) is 1.62. The van der Waals surface area contributed by atoms with Gasteiger partial charge in [0.15, 0.2) is 23.0 Å². The molecule has 13 heteroatoms. The molecular weight excluding hydrogens is 508 g/mol. The van der Waals surface area contributed by atoms with Gasteiger partial charge in [0, 0.05) is 31.5 Å². The first-order chi connectivity index (χ1) is 17.9. The molecule has 0 saturated carbocycles. The zero-order valence-electron chi connectivity index (χ0n) is 20.0. The molecule has 5 atom stereocenters. The average Bonchev–Trinajstić information content (AvgIpc) is 2.83. The van der Waals surface area contributed by atoms with Crippen molar-refractivity contribution in [1.29, 1.82) is 0 Å². The Hall–Kier alpha value is -4.33. The first-order valence-corrected chi connectivity index (χ1v) is 11.3. The highest BCUT2D eigenvalue weighted by molar-refractivity contribution is 5.88. The van der Waals surface area contributed by atoms with Gasteiger partial charge in [0.2, 0.25) is 0 Å². The molecule has 0 spiro atoms. The maximum atomic E-state index is 13.0. The average molecular weight is 532 g/mol. The van der Waals surface area contributed by atoms with Crippen LogP contribution in [0.5, 0.6) is 23.0 Å². The van der Waals surface area contributed by atoms with Gasteiger partial charge in [0.25, 0.3) is 0 Å². The predicted molar refractivity (Wildman–Crippen MR) is 126 cm³/mol. The van der Waals surface area contributed by atoms with Crippen LogP contribution in [0, 0.1) is 0 Å². The monoisotopic (exact) mass is 532 g/mol. The number of fused-ring (bicyclic) bond motifs is 1. The van der Waals surface area contributed by atoms with Gasteiger partial charge in [0.05, 0.1) is 5.56 Å². The lowest BCUT2D eigenvalue weighted by Crippen LogP contribution is -2.56. The van der Waals surface area contributed by atoms with E-state index in [0.717, 1.165) is 32.0 Å². The van der Waals surface area contributed by atoms with E-state index in [4.69, 9.17) is 18.6 Å². The number of phenolic OH excluding ortho intramolecular Hbond substituents is 4. The number of phenols is 4. The summed E-state index contributed by atoms with van der Waals surface area (Å²) in [5, 5.41) is 61.9. The fraction of sp³-hybridized carbons (Fsp3) is 0.320. The maximum absolute atomic E-state index is 13.0. The van der Waals surface area contributed by atoms with Crippen molar-refractivity contribution in [1.82, 2.24) is 0 Å². The third-order valence-electron chi connectivity index (χ3n) is 6.00. The number of aliphatic hydroxyl groups is 2. The van der Waals surface area contributed by atoms with Crippen molar-refractivity contribution in [2.75, 3.05) is 6.61 Å². The van der Waals surface area contributed by atoms with E-state index in [0.29, 0.717) is 0 Å². The van der Waals surface area contributed by atoms with E-state index in [1.807, 2.05) is 0 Å². The Morgan fingerprint density at radius 1 is 0.921 bits per heavy atom. The number of aliphatic hydroxyl groups excluding tert-OH is 2. The summed E-state index contributed by atoms with van der Waals surface area (Å²) in [6, 6.07) is 5.67. The highest BCUT2D eigenvalue weighted by Gasteiger charge is 2.49. The van der Waals surface area contributed by atoms with Gasteiger partial charge in [0.1, 0.15) is 59.3 Å². The molecule has 6 N–H and O–H groups in total. The summed E-state index contributed by atoms with van der Waals surface area (Å²) in [5.41, 5.74) is -1.29. The lowest BCUT2D eigenvalue weighted by molar-refractivity contribution is -0.242. The first-order valence-electron chi connectivity index (χ1n) is 11.3. The number of ether oxygens (including phenoxy) is 3. The highest BCUT2D eigenvalue weighted by atomic mass is 16.6. The highest BCUT2D eigenvalue weighted by Crippen LogP contribution is 2.45. The molecule has 2 unspecified atom stereocenters. The molecule has 1 aromatic heterocycles. The number of carbonyl (C=O) groups is 2. The van der Waals surface area contributed by atoms with Crippen molar-refractivity contribution in [3.63, 3.8) is 0 Å². The van der Waals surface area contributed by atoms with Crippen LogP contribution in [-0.2, 0) is 23.8 Å². The second-order valence-corrected chi connectivity index (χ2v) is 8.66. The number of rotatable bonds is 5. The molecule has 0 bridgehead atoms. The molecule has 38 heavy (non-hydrogen) atoms. The number of carbonyl (C=O) groups excluding carboxylic acids is 2. The molecule has 2 aromatic carbocycles. The molecule has 1 saturated heterocycles. The van der Waals surface area contributed by atoms with E-state index in [1.165, 1.54) is 12.1 Å². The fourth-order valence-corrected chi connectivity index (χ4v) is 4.24. The third kappa shape index (κ3) is 4.94. The van der Waals surface area contributed by atoms with Gasteiger partial charge in [-0.1, -0.05) is 0 Å². The Morgan fingerprint density at radius 3 is 2.26 bits per heavy atom. The largest absolute Gasteiger partial charge is 0.507 e. The van der Waals surface area contributed by atoms with Crippen LogP contribution in [0.4, 0.5) is 0 Å². The van der Waals surface area contributed by atoms with Crippen molar-refractivity contribution in [2.45, 2.75) is 44.4 Å². The standard InChI is InChI=1S/C25H24O13/c1-9(26)35-8-18-21(32)23(34)25(36-10(2)27)24(38-18)20-15(31)7-17-19(22(20)33)14(30)6-16(37-17)11-3-4-12(28)13(29)5-11/h3-7,18,21,23-25,28-29,31-34H,8H2,1-2H3/t18?,21-,23+,24+,25?/m1/s1. The van der Waals surface area contributed by atoms with Gasteiger partial charge >= 0.3 is 11.9 Å². The van der Waals surface area contributed by atoms with Crippen LogP contribution >= 0.6 is 0 Å². The molecule has 1 fully saturated rings. The smallest absolute Gasteiger partial charge is 0.303 e. The molecule has 0 aliphatic carbocycles. The Bertz CT molecular complexity index is 1460. The van der Waals surface area contributed by atoms with Crippen LogP contribution in [0.1, 0.15) is 25.5 Å². The number of benzene rings is 2. The molecule has 3 aromatic rings. The summed E-state index contributed by atoms with van der Waals surface area (Å²) >= 11 is 0. The third-order valence-corrected chi connectivity index (χ3v) is 6.00. The molecule has 0 amide bonds. The van der Waals surface area contributed by atoms with Crippen molar-refractivity contribution in [2.24, 2.45) is 0 Å². The number of aromatic hydroxyl groups is 4. The Kier molecular flexibility index (Phi) is 7.18. The quantitative estimate of drug-likeness (QED) is 0.200. The Labute approximate surface area is 213 Å². The van der Waals surface area contributed by atoms with E-state index in [9.17, 15) is 45.0 Å². The van der Waals surface area contributed by atoms with Crippen molar-refractivity contribution < 1.29 is 58.9 Å². The Balaban J connectivity index is 1.84. The van der Waals surface area contributed by atoms with Crippen LogP contribution in [0.3, 0.4) is 0 Å². The zero-order chi connectivity index (χ0) is 27.9. The number of esters is 2. The second kappa shape index (κ2) is 10.2. The van der Waals surface area contributed by atoms with E-state index in [1.54, 1.807) is 0 Å². The minimum Gasteiger partial charge on any atom is -0.507 e. The van der Waals surface area contributed by atoms with Crippen LogP contribution in [0.2, 0.25) is 0 Å². The van der Waals surface area contributed by atoms with Crippen LogP contribution in [-0.4, -0.2) is 73.6 Å². The predicted octanol–water partition coefficient (Wildman–Crippen LogP) is 0.939. The molecule has 4 rings (SSSR count). The van der Waals surface area contributed by atoms with E-state index < -0.39 is 88.4 Å². The van der Waals surface area contributed by atoms with Crippen LogP contribution in [0.15, 0.2) is 39.5 Å². The van der Waals surface area contributed by atoms with Gasteiger partial charge in [-0.25, -0.2) is 0 Å². The van der Waals surface area contributed by atoms with E-state index in [-0.39, 0.29) is 16.9 Å². The van der Waals surface area contributed by atoms with Crippen molar-refractivity contribution in [3.05, 3.63) is 46.1 Å². The van der Waals surface area contributed by atoms with Gasteiger partial charge in [-0.15, -0.1) is 0 Å². The van der Waals surface area contributed by atoms with Crippen LogP contribution in [0.25, 0.3) is 22.3 Å². The second-order valence-electron chi connectivity index (χ2n) is 8.66. The van der Waals surface area contributed by atoms with Gasteiger partial charge in [-0.05, 0) is 18.2 Å². The summed E-state index contributed by atoms with van der Waals surface area (Å²) in [6.07, 6.45) is -8.10. The molecular formula is C25H24O13. The molecule has 1 aliphatic rings. The first kappa shape index (κ1) is 26.7. The summed E-state index contributed by atoms with van der Waals surface area (Å²) in [4.78, 5) is 36.0. The fourth-order valence-electron chi connectivity index (χ4n) is 4.24. The topological polar surface area (TPSA) is 213 Å². The minimum atomic E-state index is -1.80. The molecule has 13 nitrogen and oxygen atoms in total. The SMILES string of the molecule is CC(=O)OCC1O[C@@H](c2c(O)cc3oc(-c4ccc(O)c(O)c4)cc(=O)c3c2O)C(OC(C)=O)[C@@H](O)[C@@H]1O. The van der Waals surface area contributed by atoms with Crippen molar-refractivity contribution in [3.8, 4) is 34.3 Å². The molecule has 2 heterocycles. The van der Waals surface area contributed by atoms with E-state index >= 15 is 0 Å². The maximum Gasteiger partial charge on any atom is 0.303 e.